The number of amides is 3. The van der Waals surface area contributed by atoms with Gasteiger partial charge in [-0.3, -0.25) is 14.4 Å². The lowest BCUT2D eigenvalue weighted by Crippen LogP contribution is -2.30. The maximum absolute atomic E-state index is 13.4. The van der Waals surface area contributed by atoms with Gasteiger partial charge in [0.25, 0.3) is 11.8 Å². The topological polar surface area (TPSA) is 119 Å². The van der Waals surface area contributed by atoms with Gasteiger partial charge in [0.15, 0.2) is 5.13 Å². The zero-order chi connectivity index (χ0) is 28.3. The zero-order valence-corrected chi connectivity index (χ0v) is 23.3. The minimum atomic E-state index is -0.530. The molecule has 0 radical (unpaired) electrons. The minimum Gasteiger partial charge on any atom is -0.497 e. The molecule has 9 nitrogen and oxygen atoms in total. The summed E-state index contributed by atoms with van der Waals surface area (Å²) in [5, 5.41) is 10.6. The van der Waals surface area contributed by atoms with Crippen molar-refractivity contribution in [1.29, 1.82) is 0 Å². The Kier molecular flexibility index (Phi) is 9.92. The van der Waals surface area contributed by atoms with Gasteiger partial charge in [0.2, 0.25) is 5.91 Å². The Labute approximate surface area is 239 Å². The summed E-state index contributed by atoms with van der Waals surface area (Å²) in [5.41, 5.74) is 1.47. The molecule has 3 amide bonds. The number of thiazole rings is 1. The molecule has 1 heterocycles. The van der Waals surface area contributed by atoms with Crippen molar-refractivity contribution < 1.29 is 23.9 Å². The van der Waals surface area contributed by atoms with E-state index in [-0.39, 0.29) is 17.4 Å². The predicted octanol–water partition coefficient (Wildman–Crippen LogP) is 5.30. The van der Waals surface area contributed by atoms with Crippen molar-refractivity contribution in [3.8, 4) is 11.5 Å². The lowest BCUT2D eigenvalue weighted by molar-refractivity contribution is -0.114. The lowest BCUT2D eigenvalue weighted by Gasteiger charge is -2.13. The average Bonchev–Trinajstić information content (AvgIpc) is 3.49. The highest BCUT2D eigenvalue weighted by Gasteiger charge is 2.17. The van der Waals surface area contributed by atoms with Crippen molar-refractivity contribution in [3.05, 3.63) is 101 Å². The standard InChI is InChI=1S/C29H26N4O5S2/c1-37-22-10-13-25(38-2)20(16-22)17-24(32-27(35)19-6-4-3-5-7-19)28(36)31-21-8-11-23(12-9-21)40-18-26(34)33-29-30-14-15-39-29/h3-17H,18H2,1-2H3,(H,31,36)(H,32,35)(H,30,33,34)/b24-17-. The number of rotatable bonds is 11. The number of hydrogen-bond donors (Lipinski definition) is 3. The van der Waals surface area contributed by atoms with Crippen LogP contribution in [-0.4, -0.2) is 42.7 Å². The second-order valence-electron chi connectivity index (χ2n) is 8.14. The summed E-state index contributed by atoms with van der Waals surface area (Å²) in [6, 6.07) is 20.8. The molecule has 0 fully saturated rings. The summed E-state index contributed by atoms with van der Waals surface area (Å²) >= 11 is 2.71. The Morgan fingerprint density at radius 2 is 1.73 bits per heavy atom. The molecule has 0 bridgehead atoms. The molecule has 0 spiro atoms. The first-order valence-electron chi connectivity index (χ1n) is 12.0. The van der Waals surface area contributed by atoms with Crippen LogP contribution in [0, 0.1) is 0 Å². The van der Waals surface area contributed by atoms with Gasteiger partial charge in [-0.05, 0) is 60.7 Å². The van der Waals surface area contributed by atoms with Crippen LogP contribution in [0.25, 0.3) is 6.08 Å². The fourth-order valence-electron chi connectivity index (χ4n) is 3.47. The van der Waals surface area contributed by atoms with Gasteiger partial charge in [-0.1, -0.05) is 18.2 Å². The van der Waals surface area contributed by atoms with E-state index >= 15 is 0 Å². The second-order valence-corrected chi connectivity index (χ2v) is 10.1. The largest absolute Gasteiger partial charge is 0.497 e. The number of methoxy groups -OCH3 is 2. The number of nitrogens with one attached hydrogen (secondary N) is 3. The molecule has 0 saturated heterocycles. The molecule has 0 aliphatic rings. The number of carbonyl (C=O) groups excluding carboxylic acids is 3. The van der Waals surface area contributed by atoms with Crippen LogP contribution in [0.2, 0.25) is 0 Å². The first-order chi connectivity index (χ1) is 19.4. The van der Waals surface area contributed by atoms with Gasteiger partial charge >= 0.3 is 0 Å². The Hall–Kier alpha value is -4.61. The van der Waals surface area contributed by atoms with Crippen LogP contribution in [0.1, 0.15) is 15.9 Å². The maximum atomic E-state index is 13.4. The Balaban J connectivity index is 1.49. The molecule has 0 aliphatic carbocycles. The molecule has 4 aromatic rings. The smallest absolute Gasteiger partial charge is 0.272 e. The lowest BCUT2D eigenvalue weighted by atomic mass is 10.1. The SMILES string of the molecule is COc1ccc(OC)c(/C=C(\NC(=O)c2ccccc2)C(=O)Nc2ccc(SCC(=O)Nc3nccs3)cc2)c1. The summed E-state index contributed by atoms with van der Waals surface area (Å²) in [5.74, 6) is 0.152. The number of thioether (sulfide) groups is 1. The summed E-state index contributed by atoms with van der Waals surface area (Å²) in [6.45, 7) is 0. The van der Waals surface area contributed by atoms with Crippen LogP contribution in [-0.2, 0) is 9.59 Å². The monoisotopic (exact) mass is 574 g/mol. The third-order valence-corrected chi connectivity index (χ3v) is 7.13. The number of anilines is 2. The van der Waals surface area contributed by atoms with Gasteiger partial charge in [0.05, 0.1) is 20.0 Å². The van der Waals surface area contributed by atoms with Crippen LogP contribution >= 0.6 is 23.1 Å². The molecule has 204 valence electrons. The van der Waals surface area contributed by atoms with E-state index < -0.39 is 11.8 Å². The predicted molar refractivity (Wildman–Crippen MR) is 158 cm³/mol. The highest BCUT2D eigenvalue weighted by Crippen LogP contribution is 2.27. The first-order valence-corrected chi connectivity index (χ1v) is 13.9. The molecule has 40 heavy (non-hydrogen) atoms. The third-order valence-electron chi connectivity index (χ3n) is 5.43. The molecule has 1 aromatic heterocycles. The second kappa shape index (κ2) is 14.0. The quantitative estimate of drug-likeness (QED) is 0.164. The van der Waals surface area contributed by atoms with E-state index in [9.17, 15) is 14.4 Å². The Morgan fingerprint density at radius 1 is 0.950 bits per heavy atom. The summed E-state index contributed by atoms with van der Waals surface area (Å²) in [7, 11) is 3.05. The number of carbonyl (C=O) groups is 3. The molecule has 3 aromatic carbocycles. The number of hydrogen-bond acceptors (Lipinski definition) is 8. The van der Waals surface area contributed by atoms with Crippen LogP contribution in [0.4, 0.5) is 10.8 Å². The summed E-state index contributed by atoms with van der Waals surface area (Å²) in [6.07, 6.45) is 3.16. The summed E-state index contributed by atoms with van der Waals surface area (Å²) < 4.78 is 10.7. The van der Waals surface area contributed by atoms with Gasteiger partial charge in [-0.25, -0.2) is 4.98 Å². The molecular weight excluding hydrogens is 548 g/mol. The van der Waals surface area contributed by atoms with Gasteiger partial charge in [-0.2, -0.15) is 0 Å². The molecule has 0 saturated carbocycles. The van der Waals surface area contributed by atoms with Crippen LogP contribution in [0.3, 0.4) is 0 Å². The van der Waals surface area contributed by atoms with Gasteiger partial charge < -0.3 is 25.4 Å². The van der Waals surface area contributed by atoms with E-state index in [0.29, 0.717) is 33.4 Å². The number of ether oxygens (including phenoxy) is 2. The van der Waals surface area contributed by atoms with Crippen molar-refractivity contribution >= 4 is 57.7 Å². The number of nitrogens with zero attached hydrogens (tertiary/aromatic N) is 1. The molecule has 4 rings (SSSR count). The van der Waals surface area contributed by atoms with Crippen molar-refractivity contribution in [2.24, 2.45) is 0 Å². The van der Waals surface area contributed by atoms with Crippen LogP contribution < -0.4 is 25.4 Å². The third kappa shape index (κ3) is 7.95. The van der Waals surface area contributed by atoms with Crippen molar-refractivity contribution in [1.82, 2.24) is 10.3 Å². The van der Waals surface area contributed by atoms with Crippen molar-refractivity contribution in [2.45, 2.75) is 4.90 Å². The van der Waals surface area contributed by atoms with Gasteiger partial charge in [0.1, 0.15) is 17.2 Å². The molecule has 0 unspecified atom stereocenters. The normalized spacial score (nSPS) is 10.9. The van der Waals surface area contributed by atoms with E-state index in [2.05, 4.69) is 20.9 Å². The van der Waals surface area contributed by atoms with E-state index in [1.165, 1.54) is 43.4 Å². The fourth-order valence-corrected chi connectivity index (χ4v) is 4.72. The molecular formula is C29H26N4O5S2. The van der Waals surface area contributed by atoms with E-state index in [0.717, 1.165) is 4.90 Å². The Morgan fingerprint density at radius 3 is 2.40 bits per heavy atom. The molecule has 3 N–H and O–H groups in total. The molecule has 0 aliphatic heterocycles. The molecule has 11 heteroatoms. The minimum absolute atomic E-state index is 0.0118. The van der Waals surface area contributed by atoms with Crippen molar-refractivity contribution in [3.63, 3.8) is 0 Å². The van der Waals surface area contributed by atoms with Crippen molar-refractivity contribution in [2.75, 3.05) is 30.6 Å². The highest BCUT2D eigenvalue weighted by molar-refractivity contribution is 8.00. The van der Waals surface area contributed by atoms with E-state index in [1.807, 2.05) is 0 Å². The molecule has 0 atom stereocenters. The van der Waals surface area contributed by atoms with Gasteiger partial charge in [-0.15, -0.1) is 23.1 Å². The fraction of sp³-hybridized carbons (Fsp3) is 0.103. The van der Waals surface area contributed by atoms with Gasteiger partial charge in [0, 0.05) is 33.3 Å². The first kappa shape index (κ1) is 28.4. The van der Waals surface area contributed by atoms with E-state index in [4.69, 9.17) is 9.47 Å². The maximum Gasteiger partial charge on any atom is 0.272 e. The van der Waals surface area contributed by atoms with Crippen LogP contribution in [0.5, 0.6) is 11.5 Å². The zero-order valence-electron chi connectivity index (χ0n) is 21.7. The Bertz CT molecular complexity index is 1490. The van der Waals surface area contributed by atoms with Crippen LogP contribution in [0.15, 0.2) is 95.0 Å². The number of benzene rings is 3. The van der Waals surface area contributed by atoms with E-state index in [1.54, 1.807) is 84.4 Å². The summed E-state index contributed by atoms with van der Waals surface area (Å²) in [4.78, 5) is 43.3. The number of aromatic nitrogens is 1. The average molecular weight is 575 g/mol. The highest BCUT2D eigenvalue weighted by atomic mass is 32.2.